The van der Waals surface area contributed by atoms with Crippen LogP contribution in [0.1, 0.15) is 45.8 Å². The highest BCUT2D eigenvalue weighted by atomic mass is 16.5. The Bertz CT molecular complexity index is 2450. The number of rotatable bonds is 4. The van der Waals surface area contributed by atoms with Gasteiger partial charge in [-0.25, -0.2) is 9.97 Å². The number of allylic oxidation sites excluding steroid dienone is 4. The Morgan fingerprint density at radius 1 is 0.520 bits per heavy atom. The van der Waals surface area contributed by atoms with Gasteiger partial charge in [0.05, 0.1) is 16.8 Å². The van der Waals surface area contributed by atoms with Crippen molar-refractivity contribution in [1.82, 2.24) is 9.97 Å². The Morgan fingerprint density at radius 2 is 1.14 bits per heavy atom. The molecule has 3 nitrogen and oxygen atoms in total. The van der Waals surface area contributed by atoms with Crippen LogP contribution in [0.4, 0.5) is 0 Å². The molecular weight excluding hydrogens is 609 g/mol. The quantitative estimate of drug-likeness (QED) is 0.192. The van der Waals surface area contributed by atoms with Crippen molar-refractivity contribution in [3.05, 3.63) is 209 Å². The van der Waals surface area contributed by atoms with Gasteiger partial charge in [-0.3, -0.25) is 0 Å². The second-order valence-corrected chi connectivity index (χ2v) is 13.2. The minimum atomic E-state index is -0.488. The first-order valence-electron chi connectivity index (χ1n) is 17.3. The zero-order chi connectivity index (χ0) is 33.1. The van der Waals surface area contributed by atoms with Crippen LogP contribution in [0.15, 0.2) is 176 Å². The molecule has 1 unspecified atom stereocenters. The molecule has 6 aromatic carbocycles. The zero-order valence-electron chi connectivity index (χ0n) is 27.3. The van der Waals surface area contributed by atoms with Gasteiger partial charge in [-0.05, 0) is 58.0 Å². The highest BCUT2D eigenvalue weighted by Crippen LogP contribution is 2.62. The number of aromatic nitrogens is 2. The fourth-order valence-electron chi connectivity index (χ4n) is 8.22. The van der Waals surface area contributed by atoms with E-state index in [4.69, 9.17) is 14.7 Å². The van der Waals surface area contributed by atoms with Gasteiger partial charge < -0.3 is 4.74 Å². The average molecular weight is 641 g/mol. The number of ether oxygens (including phenoxy) is 1. The Balaban J connectivity index is 1.12. The molecule has 7 aromatic rings. The van der Waals surface area contributed by atoms with Crippen LogP contribution in [-0.4, -0.2) is 9.97 Å². The summed E-state index contributed by atoms with van der Waals surface area (Å²) < 4.78 is 6.81. The van der Waals surface area contributed by atoms with Crippen molar-refractivity contribution in [3.63, 3.8) is 0 Å². The van der Waals surface area contributed by atoms with Crippen LogP contribution in [0.25, 0.3) is 39.3 Å². The van der Waals surface area contributed by atoms with E-state index in [9.17, 15) is 0 Å². The molecule has 1 aliphatic heterocycles. The summed E-state index contributed by atoms with van der Waals surface area (Å²) in [6, 6.07) is 55.8. The number of hydrogen-bond donors (Lipinski definition) is 0. The van der Waals surface area contributed by atoms with Gasteiger partial charge in [0, 0.05) is 28.2 Å². The first kappa shape index (κ1) is 28.7. The van der Waals surface area contributed by atoms with Crippen LogP contribution >= 0.6 is 0 Å². The van der Waals surface area contributed by atoms with E-state index in [1.54, 1.807) is 0 Å². The summed E-state index contributed by atoms with van der Waals surface area (Å²) in [7, 11) is 0. The predicted molar refractivity (Wildman–Crippen MR) is 201 cm³/mol. The Kier molecular flexibility index (Phi) is 6.53. The van der Waals surface area contributed by atoms with Crippen LogP contribution in [0.5, 0.6) is 11.5 Å². The summed E-state index contributed by atoms with van der Waals surface area (Å²) >= 11 is 0. The standard InChI is InChI=1S/C47H32N2O/c1-3-13-31(14-4-1)32-23-25-33(26-24-32)42-30-43(49-46(48-42)34-15-5-2-6-16-34)35-27-28-41-45(29-35)50-44-22-12-11-21-40(44)47(41)38-19-9-7-17-36(38)37-18-8-10-20-39(37)47/h1-25,27-30,33H,26H2. The SMILES string of the molecule is C1=CC(c2cc(-c3ccc4c(c3)Oc3ccccc3C43c4ccccc4-c4ccccc43)nc(-c3ccccc3)n2)CC=C1c1ccccc1. The maximum absolute atomic E-state index is 6.81. The second kappa shape index (κ2) is 11.4. The van der Waals surface area contributed by atoms with Crippen LogP contribution in [-0.2, 0) is 5.41 Å². The molecule has 0 fully saturated rings. The lowest BCUT2D eigenvalue weighted by atomic mass is 9.66. The van der Waals surface area contributed by atoms with Gasteiger partial charge in [-0.15, -0.1) is 0 Å². The molecule has 0 N–H and O–H groups in total. The molecule has 1 aromatic heterocycles. The molecule has 236 valence electrons. The summed E-state index contributed by atoms with van der Waals surface area (Å²) in [5.41, 5.74) is 13.3. The Hall–Kier alpha value is -6.32. The van der Waals surface area contributed by atoms with E-state index in [1.165, 1.54) is 39.0 Å². The molecule has 0 bridgehead atoms. The fourth-order valence-corrected chi connectivity index (χ4v) is 8.22. The molecule has 2 heterocycles. The van der Waals surface area contributed by atoms with Crippen molar-refractivity contribution >= 4 is 5.57 Å². The lowest BCUT2D eigenvalue weighted by Crippen LogP contribution is -2.32. The third-order valence-corrected chi connectivity index (χ3v) is 10.5. The topological polar surface area (TPSA) is 35.0 Å². The minimum Gasteiger partial charge on any atom is -0.457 e. The molecule has 1 spiro atoms. The van der Waals surface area contributed by atoms with Crippen molar-refractivity contribution in [2.75, 3.05) is 0 Å². The van der Waals surface area contributed by atoms with Crippen molar-refractivity contribution in [2.45, 2.75) is 17.8 Å². The number of hydrogen-bond acceptors (Lipinski definition) is 3. The first-order valence-corrected chi connectivity index (χ1v) is 17.3. The second-order valence-electron chi connectivity index (χ2n) is 13.2. The van der Waals surface area contributed by atoms with Crippen molar-refractivity contribution in [1.29, 1.82) is 0 Å². The maximum atomic E-state index is 6.81. The molecule has 0 saturated heterocycles. The largest absolute Gasteiger partial charge is 0.457 e. The maximum Gasteiger partial charge on any atom is 0.160 e. The van der Waals surface area contributed by atoms with E-state index in [-0.39, 0.29) is 5.92 Å². The van der Waals surface area contributed by atoms with Gasteiger partial charge in [-0.1, -0.05) is 158 Å². The molecule has 3 aliphatic rings. The summed E-state index contributed by atoms with van der Waals surface area (Å²) in [5.74, 6) is 2.60. The van der Waals surface area contributed by atoms with Crippen molar-refractivity contribution < 1.29 is 4.74 Å². The molecule has 3 heteroatoms. The molecular formula is C47H32N2O. The smallest absolute Gasteiger partial charge is 0.160 e. The molecule has 10 rings (SSSR count). The van der Waals surface area contributed by atoms with Gasteiger partial charge >= 0.3 is 0 Å². The highest BCUT2D eigenvalue weighted by Gasteiger charge is 2.50. The summed E-state index contributed by atoms with van der Waals surface area (Å²) in [6.45, 7) is 0. The summed E-state index contributed by atoms with van der Waals surface area (Å²) in [6.07, 6.45) is 7.71. The van der Waals surface area contributed by atoms with E-state index in [0.717, 1.165) is 51.8 Å². The summed E-state index contributed by atoms with van der Waals surface area (Å²) in [4.78, 5) is 10.3. The van der Waals surface area contributed by atoms with Crippen molar-refractivity contribution in [2.24, 2.45) is 0 Å². The molecule has 0 radical (unpaired) electrons. The van der Waals surface area contributed by atoms with E-state index in [2.05, 4.69) is 158 Å². The molecule has 0 amide bonds. The first-order chi connectivity index (χ1) is 24.8. The number of para-hydroxylation sites is 1. The zero-order valence-corrected chi connectivity index (χ0v) is 27.3. The minimum absolute atomic E-state index is 0.141. The van der Waals surface area contributed by atoms with E-state index < -0.39 is 5.41 Å². The monoisotopic (exact) mass is 640 g/mol. The lowest BCUT2D eigenvalue weighted by Gasteiger charge is -2.39. The van der Waals surface area contributed by atoms with Crippen LogP contribution in [0, 0.1) is 0 Å². The predicted octanol–water partition coefficient (Wildman–Crippen LogP) is 11.4. The number of nitrogens with zero attached hydrogens (tertiary/aromatic N) is 2. The van der Waals surface area contributed by atoms with Gasteiger partial charge in [0.1, 0.15) is 11.5 Å². The number of fused-ring (bicyclic) bond motifs is 9. The Labute approximate surface area is 291 Å². The fraction of sp³-hybridized carbons (Fsp3) is 0.0638. The average Bonchev–Trinajstić information content (AvgIpc) is 3.49. The van der Waals surface area contributed by atoms with E-state index in [0.29, 0.717) is 0 Å². The summed E-state index contributed by atoms with van der Waals surface area (Å²) in [5, 5.41) is 0. The normalized spacial score (nSPS) is 16.1. The Morgan fingerprint density at radius 3 is 1.84 bits per heavy atom. The molecule has 1 atom stereocenters. The molecule has 0 saturated carbocycles. The van der Waals surface area contributed by atoms with Gasteiger partial charge in [0.15, 0.2) is 5.82 Å². The van der Waals surface area contributed by atoms with Gasteiger partial charge in [0.25, 0.3) is 0 Å². The number of benzene rings is 6. The van der Waals surface area contributed by atoms with Crippen LogP contribution in [0.2, 0.25) is 0 Å². The highest BCUT2D eigenvalue weighted by molar-refractivity contribution is 5.89. The lowest BCUT2D eigenvalue weighted by molar-refractivity contribution is 0.436. The van der Waals surface area contributed by atoms with Crippen LogP contribution < -0.4 is 4.74 Å². The van der Waals surface area contributed by atoms with Gasteiger partial charge in [0.2, 0.25) is 0 Å². The molecule has 2 aliphatic carbocycles. The van der Waals surface area contributed by atoms with Crippen LogP contribution in [0.3, 0.4) is 0 Å². The van der Waals surface area contributed by atoms with E-state index in [1.807, 2.05) is 18.2 Å². The third kappa shape index (κ3) is 4.37. The molecule has 50 heavy (non-hydrogen) atoms. The third-order valence-electron chi connectivity index (χ3n) is 10.5. The van der Waals surface area contributed by atoms with Crippen molar-refractivity contribution in [3.8, 4) is 45.3 Å². The van der Waals surface area contributed by atoms with Gasteiger partial charge in [-0.2, -0.15) is 0 Å². The van der Waals surface area contributed by atoms with E-state index >= 15 is 0 Å².